The fourth-order valence-electron chi connectivity index (χ4n) is 3.96. The fourth-order valence-corrected chi connectivity index (χ4v) is 3.96. The van der Waals surface area contributed by atoms with Crippen molar-refractivity contribution in [1.82, 2.24) is 0 Å². The number of nitrogens with one attached hydrogen (secondary N) is 1. The Balaban J connectivity index is 1.84. The van der Waals surface area contributed by atoms with Crippen LogP contribution in [0.5, 0.6) is 0 Å². The summed E-state index contributed by atoms with van der Waals surface area (Å²) in [5.74, 6) is 0.654. The highest BCUT2D eigenvalue weighted by atomic mass is 16.6. The second kappa shape index (κ2) is 5.23. The third-order valence-electron chi connectivity index (χ3n) is 5.02. The van der Waals surface area contributed by atoms with Crippen LogP contribution >= 0.6 is 0 Å². The molecule has 0 saturated carbocycles. The molecule has 0 bridgehead atoms. The number of non-ortho nitro benzene ring substituents is 1. The van der Waals surface area contributed by atoms with Crippen molar-refractivity contribution in [1.29, 1.82) is 0 Å². The number of hydrogen-bond acceptors (Lipinski definition) is 3. The number of nitro groups is 1. The van der Waals surface area contributed by atoms with E-state index in [1.165, 1.54) is 5.56 Å². The number of fused-ring (bicyclic) bond motifs is 3. The summed E-state index contributed by atoms with van der Waals surface area (Å²) < 4.78 is 0. The van der Waals surface area contributed by atoms with E-state index >= 15 is 0 Å². The zero-order chi connectivity index (χ0) is 16.0. The van der Waals surface area contributed by atoms with E-state index in [9.17, 15) is 10.1 Å². The zero-order valence-corrected chi connectivity index (χ0v) is 12.9. The molecule has 1 N–H and O–H groups in total. The minimum absolute atomic E-state index is 0.181. The molecule has 0 saturated heterocycles. The van der Waals surface area contributed by atoms with Gasteiger partial charge in [0.05, 0.1) is 11.0 Å². The first kappa shape index (κ1) is 14.0. The molecule has 116 valence electrons. The molecule has 3 atom stereocenters. The van der Waals surface area contributed by atoms with Crippen molar-refractivity contribution in [2.75, 3.05) is 5.32 Å². The van der Waals surface area contributed by atoms with Gasteiger partial charge in [0.25, 0.3) is 5.69 Å². The number of rotatable bonds is 2. The summed E-state index contributed by atoms with van der Waals surface area (Å²) in [7, 11) is 0. The zero-order valence-electron chi connectivity index (χ0n) is 12.9. The van der Waals surface area contributed by atoms with Crippen LogP contribution in [0.25, 0.3) is 0 Å². The van der Waals surface area contributed by atoms with Gasteiger partial charge in [0.1, 0.15) is 0 Å². The summed E-state index contributed by atoms with van der Waals surface area (Å²) in [6.07, 6.45) is 5.41. The molecule has 0 fully saturated rings. The van der Waals surface area contributed by atoms with Crippen molar-refractivity contribution in [3.63, 3.8) is 0 Å². The fraction of sp³-hybridized carbons (Fsp3) is 0.263. The Morgan fingerprint density at radius 3 is 2.74 bits per heavy atom. The maximum atomic E-state index is 11.2. The van der Waals surface area contributed by atoms with Crippen molar-refractivity contribution >= 4 is 11.4 Å². The molecular formula is C19H18N2O2. The number of benzene rings is 2. The summed E-state index contributed by atoms with van der Waals surface area (Å²) in [5.41, 5.74) is 4.50. The van der Waals surface area contributed by atoms with E-state index in [0.29, 0.717) is 5.92 Å². The third-order valence-corrected chi connectivity index (χ3v) is 5.02. The van der Waals surface area contributed by atoms with E-state index in [-0.39, 0.29) is 22.6 Å². The predicted octanol–water partition coefficient (Wildman–Crippen LogP) is 4.73. The van der Waals surface area contributed by atoms with Crippen LogP contribution in [0.3, 0.4) is 0 Å². The SMILES string of the molecule is Cc1cc([N+](=O)[O-])cc2c1N[C@H](c1ccccc1)[C@@H]1CC=C[C@@H]21. The Morgan fingerprint density at radius 2 is 2.00 bits per heavy atom. The third kappa shape index (κ3) is 2.22. The van der Waals surface area contributed by atoms with Gasteiger partial charge in [-0.15, -0.1) is 0 Å². The second-order valence-electron chi connectivity index (χ2n) is 6.37. The Hall–Kier alpha value is -2.62. The van der Waals surface area contributed by atoms with E-state index in [2.05, 4.69) is 41.7 Å². The summed E-state index contributed by atoms with van der Waals surface area (Å²) in [4.78, 5) is 10.9. The standard InChI is InChI=1S/C19H18N2O2/c1-12-10-14(21(22)23)11-17-15-8-5-9-16(15)19(20-18(12)17)13-6-3-2-4-7-13/h2-8,10-11,15-16,19-20H,9H2,1H3/t15-,16-,19-/m1/s1. The molecule has 2 aromatic rings. The van der Waals surface area contributed by atoms with Gasteiger partial charge < -0.3 is 5.32 Å². The lowest BCUT2D eigenvalue weighted by molar-refractivity contribution is -0.385. The van der Waals surface area contributed by atoms with Gasteiger partial charge in [0.15, 0.2) is 0 Å². The molecule has 0 amide bonds. The van der Waals surface area contributed by atoms with Crippen LogP contribution in [0, 0.1) is 23.0 Å². The van der Waals surface area contributed by atoms with E-state index < -0.39 is 0 Å². The molecule has 1 aliphatic carbocycles. The van der Waals surface area contributed by atoms with Crippen molar-refractivity contribution in [2.45, 2.75) is 25.3 Å². The lowest BCUT2D eigenvalue weighted by Gasteiger charge is -2.38. The van der Waals surface area contributed by atoms with Crippen LogP contribution in [0.4, 0.5) is 11.4 Å². The molecule has 4 rings (SSSR count). The molecule has 1 heterocycles. The van der Waals surface area contributed by atoms with E-state index in [4.69, 9.17) is 0 Å². The van der Waals surface area contributed by atoms with Gasteiger partial charge >= 0.3 is 0 Å². The van der Waals surface area contributed by atoms with Gasteiger partial charge in [-0.05, 0) is 36.0 Å². The van der Waals surface area contributed by atoms with Crippen LogP contribution < -0.4 is 5.32 Å². The Morgan fingerprint density at radius 1 is 1.22 bits per heavy atom. The van der Waals surface area contributed by atoms with Gasteiger partial charge in [0.2, 0.25) is 0 Å². The highest BCUT2D eigenvalue weighted by Gasteiger charge is 2.39. The number of hydrogen-bond donors (Lipinski definition) is 1. The first-order valence-corrected chi connectivity index (χ1v) is 7.92. The number of aryl methyl sites for hydroxylation is 1. The van der Waals surface area contributed by atoms with Crippen molar-refractivity contribution < 1.29 is 4.92 Å². The summed E-state index contributed by atoms with van der Waals surface area (Å²) >= 11 is 0. The van der Waals surface area contributed by atoms with E-state index in [0.717, 1.165) is 23.2 Å². The monoisotopic (exact) mass is 306 g/mol. The van der Waals surface area contributed by atoms with Gasteiger partial charge in [-0.25, -0.2) is 0 Å². The molecule has 4 nitrogen and oxygen atoms in total. The molecule has 0 spiro atoms. The number of nitrogens with zero attached hydrogens (tertiary/aromatic N) is 1. The Labute approximate surface area is 135 Å². The lowest BCUT2D eigenvalue weighted by Crippen LogP contribution is -2.29. The summed E-state index contributed by atoms with van der Waals surface area (Å²) in [5, 5.41) is 14.8. The average molecular weight is 306 g/mol. The van der Waals surface area contributed by atoms with Crippen LogP contribution in [0.15, 0.2) is 54.6 Å². The molecular weight excluding hydrogens is 288 g/mol. The number of allylic oxidation sites excluding steroid dienone is 2. The molecule has 0 aromatic heterocycles. The van der Waals surface area contributed by atoms with Crippen LogP contribution in [-0.4, -0.2) is 4.92 Å². The highest BCUT2D eigenvalue weighted by molar-refractivity contribution is 5.67. The Bertz CT molecular complexity index is 799. The predicted molar refractivity (Wildman–Crippen MR) is 90.6 cm³/mol. The van der Waals surface area contributed by atoms with Crippen LogP contribution in [-0.2, 0) is 0 Å². The smallest absolute Gasteiger partial charge is 0.270 e. The van der Waals surface area contributed by atoms with E-state index in [1.54, 1.807) is 12.1 Å². The minimum Gasteiger partial charge on any atom is -0.377 e. The normalized spacial score (nSPS) is 24.7. The van der Waals surface area contributed by atoms with Crippen molar-refractivity contribution in [3.05, 3.63) is 81.4 Å². The first-order chi connectivity index (χ1) is 11.1. The number of anilines is 1. The van der Waals surface area contributed by atoms with Crippen molar-refractivity contribution in [3.8, 4) is 0 Å². The molecule has 0 unspecified atom stereocenters. The van der Waals surface area contributed by atoms with Crippen LogP contribution in [0.1, 0.15) is 35.1 Å². The molecule has 2 aromatic carbocycles. The molecule has 1 aliphatic heterocycles. The first-order valence-electron chi connectivity index (χ1n) is 7.92. The summed E-state index contributed by atoms with van der Waals surface area (Å²) in [6.45, 7) is 1.94. The molecule has 2 aliphatic rings. The summed E-state index contributed by atoms with van der Waals surface area (Å²) in [6, 6.07) is 14.1. The topological polar surface area (TPSA) is 55.2 Å². The molecule has 23 heavy (non-hydrogen) atoms. The Kier molecular flexibility index (Phi) is 3.18. The molecule has 0 radical (unpaired) electrons. The van der Waals surface area contributed by atoms with Gasteiger partial charge in [0, 0.05) is 23.7 Å². The number of nitro benzene ring substituents is 1. The maximum absolute atomic E-state index is 11.2. The van der Waals surface area contributed by atoms with Gasteiger partial charge in [-0.3, -0.25) is 10.1 Å². The van der Waals surface area contributed by atoms with Gasteiger partial charge in [-0.2, -0.15) is 0 Å². The quantitative estimate of drug-likeness (QED) is 0.496. The van der Waals surface area contributed by atoms with Crippen LogP contribution in [0.2, 0.25) is 0 Å². The lowest BCUT2D eigenvalue weighted by atomic mass is 9.76. The largest absolute Gasteiger partial charge is 0.377 e. The average Bonchev–Trinajstić information content (AvgIpc) is 3.04. The van der Waals surface area contributed by atoms with Gasteiger partial charge in [-0.1, -0.05) is 42.5 Å². The highest BCUT2D eigenvalue weighted by Crippen LogP contribution is 2.51. The molecule has 4 heteroatoms. The minimum atomic E-state index is -0.301. The van der Waals surface area contributed by atoms with E-state index in [1.807, 2.05) is 13.0 Å². The van der Waals surface area contributed by atoms with Crippen molar-refractivity contribution in [2.24, 2.45) is 5.92 Å². The maximum Gasteiger partial charge on any atom is 0.270 e. The second-order valence-corrected chi connectivity index (χ2v) is 6.37.